The van der Waals surface area contributed by atoms with Gasteiger partial charge < -0.3 is 20.1 Å². The van der Waals surface area contributed by atoms with Gasteiger partial charge in [0.15, 0.2) is 11.6 Å². The van der Waals surface area contributed by atoms with Crippen LogP contribution in [-0.2, 0) is 16.8 Å². The first-order chi connectivity index (χ1) is 17.4. The van der Waals surface area contributed by atoms with Gasteiger partial charge in [0.05, 0.1) is 30.7 Å². The molecule has 5 nitrogen and oxygen atoms in total. The summed E-state index contributed by atoms with van der Waals surface area (Å²) in [4.78, 5) is 12.1. The number of methoxy groups -OCH3 is 1. The van der Waals surface area contributed by atoms with Crippen molar-refractivity contribution in [3.8, 4) is 5.75 Å². The summed E-state index contributed by atoms with van der Waals surface area (Å²) < 4.78 is 39.4. The minimum Gasteiger partial charge on any atom is -0.493 e. The van der Waals surface area contributed by atoms with E-state index < -0.39 is 23.3 Å². The van der Waals surface area contributed by atoms with Crippen LogP contribution in [0.5, 0.6) is 5.75 Å². The first-order valence-electron chi connectivity index (χ1n) is 12.0. The molecule has 0 aromatic heterocycles. The molecule has 0 radical (unpaired) electrons. The quantitative estimate of drug-likeness (QED) is 0.337. The van der Waals surface area contributed by atoms with E-state index >= 15 is 0 Å². The standard InChI is InChI=1S/C28H27ClF2N2O3/c1-35-27(34)19-8-4-7-18(11-19)15-28(32-24-13-22(30)23(31)14-25(24)33-28)21-10-9-20(29)12-26(21)36-16-17-5-2-3-6-17/h4,7-14,17,32-33H,2-3,5-6,15-16H2,1H3. The van der Waals surface area contributed by atoms with Crippen LogP contribution >= 0.6 is 11.6 Å². The van der Waals surface area contributed by atoms with E-state index in [9.17, 15) is 13.6 Å². The van der Waals surface area contributed by atoms with Gasteiger partial charge in [-0.25, -0.2) is 13.6 Å². The fourth-order valence-corrected chi connectivity index (χ4v) is 5.31. The number of hydrogen-bond donors (Lipinski definition) is 2. The van der Waals surface area contributed by atoms with Gasteiger partial charge >= 0.3 is 5.97 Å². The van der Waals surface area contributed by atoms with Gasteiger partial charge in [-0.2, -0.15) is 0 Å². The van der Waals surface area contributed by atoms with E-state index in [0.29, 0.717) is 46.7 Å². The van der Waals surface area contributed by atoms with E-state index in [-0.39, 0.29) is 0 Å². The Morgan fingerprint density at radius 2 is 1.72 bits per heavy atom. The minimum absolute atomic E-state index is 0.331. The summed E-state index contributed by atoms with van der Waals surface area (Å²) in [7, 11) is 1.33. The van der Waals surface area contributed by atoms with Gasteiger partial charge in [0, 0.05) is 29.1 Å². The molecule has 1 aliphatic carbocycles. The van der Waals surface area contributed by atoms with Crippen molar-refractivity contribution < 1.29 is 23.0 Å². The number of esters is 1. The highest BCUT2D eigenvalue weighted by Crippen LogP contribution is 2.46. The van der Waals surface area contributed by atoms with Crippen LogP contribution in [0.25, 0.3) is 0 Å². The summed E-state index contributed by atoms with van der Waals surface area (Å²) >= 11 is 6.36. The Morgan fingerprint density at radius 1 is 1.03 bits per heavy atom. The van der Waals surface area contributed by atoms with E-state index in [4.69, 9.17) is 21.1 Å². The Labute approximate surface area is 213 Å². The predicted octanol–water partition coefficient (Wildman–Crippen LogP) is 6.91. The van der Waals surface area contributed by atoms with Gasteiger partial charge in [-0.05, 0) is 54.7 Å². The van der Waals surface area contributed by atoms with Crippen molar-refractivity contribution >= 4 is 28.9 Å². The molecule has 0 bridgehead atoms. The number of carbonyl (C=O) groups excluding carboxylic acids is 1. The number of hydrogen-bond acceptors (Lipinski definition) is 5. The number of rotatable bonds is 7. The highest BCUT2D eigenvalue weighted by atomic mass is 35.5. The normalized spacial score (nSPS) is 16.2. The van der Waals surface area contributed by atoms with Crippen LogP contribution in [0.2, 0.25) is 5.02 Å². The van der Waals surface area contributed by atoms with E-state index in [0.717, 1.165) is 36.1 Å². The minimum atomic E-state index is -1.02. The largest absolute Gasteiger partial charge is 0.493 e. The molecule has 36 heavy (non-hydrogen) atoms. The lowest BCUT2D eigenvalue weighted by Crippen LogP contribution is -2.41. The van der Waals surface area contributed by atoms with Crippen LogP contribution in [0, 0.1) is 17.6 Å². The fourth-order valence-electron chi connectivity index (χ4n) is 5.15. The van der Waals surface area contributed by atoms with Gasteiger partial charge in [-0.1, -0.05) is 36.6 Å². The Balaban J connectivity index is 1.56. The van der Waals surface area contributed by atoms with Crippen molar-refractivity contribution in [2.24, 2.45) is 5.92 Å². The van der Waals surface area contributed by atoms with E-state index in [2.05, 4.69) is 10.6 Å². The van der Waals surface area contributed by atoms with Crippen LogP contribution in [0.1, 0.15) is 47.2 Å². The number of carbonyl (C=O) groups is 1. The summed E-state index contributed by atoms with van der Waals surface area (Å²) in [6, 6.07) is 14.7. The van der Waals surface area contributed by atoms with Gasteiger partial charge in [0.2, 0.25) is 0 Å². The summed E-state index contributed by atoms with van der Waals surface area (Å²) in [5.74, 6) is -1.26. The summed E-state index contributed by atoms with van der Waals surface area (Å²) in [5.41, 5.74) is 1.79. The molecule has 1 fully saturated rings. The number of halogens is 3. The van der Waals surface area contributed by atoms with Gasteiger partial charge in [-0.15, -0.1) is 0 Å². The van der Waals surface area contributed by atoms with Crippen LogP contribution < -0.4 is 15.4 Å². The molecule has 3 aromatic carbocycles. The molecule has 1 saturated carbocycles. The van der Waals surface area contributed by atoms with Crippen molar-refractivity contribution in [2.45, 2.75) is 37.8 Å². The second kappa shape index (κ2) is 9.97. The Kier molecular flexibility index (Phi) is 6.75. The molecule has 0 saturated heterocycles. The number of nitrogens with one attached hydrogen (secondary N) is 2. The highest BCUT2D eigenvalue weighted by Gasteiger charge is 2.41. The molecule has 1 aliphatic heterocycles. The third-order valence-corrected chi connectivity index (χ3v) is 7.16. The third kappa shape index (κ3) is 4.85. The Hall–Kier alpha value is -3.32. The molecule has 0 amide bonds. The van der Waals surface area contributed by atoms with Crippen molar-refractivity contribution in [1.82, 2.24) is 0 Å². The highest BCUT2D eigenvalue weighted by molar-refractivity contribution is 6.30. The monoisotopic (exact) mass is 512 g/mol. The molecule has 3 aromatic rings. The lowest BCUT2D eigenvalue weighted by molar-refractivity contribution is 0.0600. The van der Waals surface area contributed by atoms with Crippen molar-refractivity contribution in [3.05, 3.63) is 87.9 Å². The fraction of sp³-hybridized carbons (Fsp3) is 0.321. The first-order valence-corrected chi connectivity index (χ1v) is 12.4. The third-order valence-electron chi connectivity index (χ3n) is 6.93. The molecule has 188 valence electrons. The first kappa shape index (κ1) is 24.4. The SMILES string of the molecule is COC(=O)c1cccc(CC2(c3ccc(Cl)cc3OCC3CCCC3)Nc3cc(F)c(F)cc3N2)c1. The maximum absolute atomic E-state index is 14.1. The van der Waals surface area contributed by atoms with E-state index in [1.807, 2.05) is 12.1 Å². The number of ether oxygens (including phenoxy) is 2. The average molecular weight is 513 g/mol. The Bertz CT molecular complexity index is 1260. The van der Waals surface area contributed by atoms with E-state index in [1.165, 1.54) is 20.0 Å². The maximum atomic E-state index is 14.1. The molecule has 2 aliphatic rings. The van der Waals surface area contributed by atoms with Gasteiger partial charge in [0.25, 0.3) is 0 Å². The molecule has 0 atom stereocenters. The molecule has 2 N–H and O–H groups in total. The van der Waals surface area contributed by atoms with Crippen molar-refractivity contribution in [1.29, 1.82) is 0 Å². The molecule has 1 heterocycles. The lowest BCUT2D eigenvalue weighted by atomic mass is 9.90. The van der Waals surface area contributed by atoms with E-state index in [1.54, 1.807) is 30.3 Å². The molecule has 0 unspecified atom stereocenters. The number of fused-ring (bicyclic) bond motifs is 1. The molecule has 8 heteroatoms. The van der Waals surface area contributed by atoms with Gasteiger partial charge in [0.1, 0.15) is 11.4 Å². The lowest BCUT2D eigenvalue weighted by Gasteiger charge is -2.33. The van der Waals surface area contributed by atoms with Crippen LogP contribution in [0.4, 0.5) is 20.2 Å². The van der Waals surface area contributed by atoms with Crippen molar-refractivity contribution in [2.75, 3.05) is 24.4 Å². The molecular weight excluding hydrogens is 486 g/mol. The zero-order valence-corrected chi connectivity index (χ0v) is 20.6. The number of benzene rings is 3. The second-order valence-electron chi connectivity index (χ2n) is 9.44. The molecular formula is C28H27ClF2N2O3. The zero-order valence-electron chi connectivity index (χ0n) is 19.9. The summed E-state index contributed by atoms with van der Waals surface area (Å²) in [6.45, 7) is 0.567. The summed E-state index contributed by atoms with van der Waals surface area (Å²) in [6.07, 6.45) is 4.99. The molecule has 0 spiro atoms. The predicted molar refractivity (Wildman–Crippen MR) is 136 cm³/mol. The van der Waals surface area contributed by atoms with Crippen LogP contribution in [0.15, 0.2) is 54.6 Å². The smallest absolute Gasteiger partial charge is 0.337 e. The molecule has 5 rings (SSSR count). The Morgan fingerprint density at radius 3 is 2.39 bits per heavy atom. The van der Waals surface area contributed by atoms with Crippen LogP contribution in [0.3, 0.4) is 0 Å². The summed E-state index contributed by atoms with van der Waals surface area (Å²) in [5, 5.41) is 7.27. The zero-order chi connectivity index (χ0) is 25.3. The van der Waals surface area contributed by atoms with Gasteiger partial charge in [-0.3, -0.25) is 0 Å². The maximum Gasteiger partial charge on any atom is 0.337 e. The average Bonchev–Trinajstić information content (AvgIpc) is 3.51. The second-order valence-corrected chi connectivity index (χ2v) is 9.87. The topological polar surface area (TPSA) is 59.6 Å². The number of anilines is 2. The van der Waals surface area contributed by atoms with Crippen molar-refractivity contribution in [3.63, 3.8) is 0 Å². The van der Waals surface area contributed by atoms with Crippen LogP contribution in [-0.4, -0.2) is 19.7 Å².